The molecule has 0 bridgehead atoms. The molecule has 0 saturated carbocycles. The third kappa shape index (κ3) is 3.95. The van der Waals surface area contributed by atoms with Gasteiger partial charge in [0.15, 0.2) is 0 Å². The predicted octanol–water partition coefficient (Wildman–Crippen LogP) is 2.83. The van der Waals surface area contributed by atoms with Crippen molar-refractivity contribution in [2.24, 2.45) is 0 Å². The van der Waals surface area contributed by atoms with Gasteiger partial charge in [-0.2, -0.15) is 0 Å². The molecule has 126 valence electrons. The van der Waals surface area contributed by atoms with Crippen LogP contribution in [0.5, 0.6) is 0 Å². The van der Waals surface area contributed by atoms with Crippen LogP contribution < -0.4 is 10.6 Å². The van der Waals surface area contributed by atoms with Crippen molar-refractivity contribution in [3.8, 4) is 0 Å². The Morgan fingerprint density at radius 3 is 2.62 bits per heavy atom. The van der Waals surface area contributed by atoms with E-state index in [1.54, 1.807) is 0 Å². The molecule has 0 spiro atoms. The van der Waals surface area contributed by atoms with Gasteiger partial charge in [-0.05, 0) is 29.7 Å². The van der Waals surface area contributed by atoms with Crippen LogP contribution in [-0.4, -0.2) is 37.0 Å². The average Bonchev–Trinajstić information content (AvgIpc) is 2.67. The Labute approximate surface area is 143 Å². The SMILES string of the molecule is CCc1ccc(C2CNCCN2C(=O)CNc2ccccc2)cc1. The van der Waals surface area contributed by atoms with Crippen molar-refractivity contribution in [3.05, 3.63) is 65.7 Å². The quantitative estimate of drug-likeness (QED) is 0.889. The molecule has 0 aliphatic carbocycles. The summed E-state index contributed by atoms with van der Waals surface area (Å²) in [6.45, 7) is 4.88. The lowest BCUT2D eigenvalue weighted by molar-refractivity contribution is -0.132. The van der Waals surface area contributed by atoms with Crippen LogP contribution in [0.1, 0.15) is 24.1 Å². The van der Waals surface area contributed by atoms with Crippen molar-refractivity contribution >= 4 is 11.6 Å². The van der Waals surface area contributed by atoms with Crippen molar-refractivity contribution in [3.63, 3.8) is 0 Å². The summed E-state index contributed by atoms with van der Waals surface area (Å²) >= 11 is 0. The highest BCUT2D eigenvalue weighted by molar-refractivity contribution is 5.81. The van der Waals surface area contributed by atoms with E-state index in [1.807, 2.05) is 35.2 Å². The largest absolute Gasteiger partial charge is 0.376 e. The molecule has 1 amide bonds. The molecule has 24 heavy (non-hydrogen) atoms. The number of hydrogen-bond acceptors (Lipinski definition) is 3. The van der Waals surface area contributed by atoms with Gasteiger partial charge >= 0.3 is 0 Å². The van der Waals surface area contributed by atoms with E-state index >= 15 is 0 Å². The number of carbonyl (C=O) groups is 1. The van der Waals surface area contributed by atoms with Gasteiger partial charge in [0.25, 0.3) is 0 Å². The highest BCUT2D eigenvalue weighted by Crippen LogP contribution is 2.23. The smallest absolute Gasteiger partial charge is 0.242 e. The van der Waals surface area contributed by atoms with Gasteiger partial charge in [0.2, 0.25) is 5.91 Å². The predicted molar refractivity (Wildman–Crippen MR) is 98.1 cm³/mol. The summed E-state index contributed by atoms with van der Waals surface area (Å²) in [6.07, 6.45) is 1.03. The number of para-hydroxylation sites is 1. The molecule has 3 rings (SSSR count). The van der Waals surface area contributed by atoms with Gasteiger partial charge in [0.05, 0.1) is 12.6 Å². The van der Waals surface area contributed by atoms with Crippen LogP contribution >= 0.6 is 0 Å². The van der Waals surface area contributed by atoms with Gasteiger partial charge < -0.3 is 15.5 Å². The number of nitrogens with zero attached hydrogens (tertiary/aromatic N) is 1. The lowest BCUT2D eigenvalue weighted by Crippen LogP contribution is -2.50. The van der Waals surface area contributed by atoms with Gasteiger partial charge in [0, 0.05) is 25.3 Å². The number of piperazine rings is 1. The lowest BCUT2D eigenvalue weighted by Gasteiger charge is -2.36. The molecule has 1 atom stereocenters. The molecule has 1 heterocycles. The second-order valence-corrected chi connectivity index (χ2v) is 6.12. The van der Waals surface area contributed by atoms with E-state index in [0.29, 0.717) is 6.54 Å². The molecule has 0 radical (unpaired) electrons. The highest BCUT2D eigenvalue weighted by atomic mass is 16.2. The first-order chi connectivity index (χ1) is 11.8. The first-order valence-electron chi connectivity index (χ1n) is 8.66. The summed E-state index contributed by atoms with van der Waals surface area (Å²) in [5.41, 5.74) is 3.50. The summed E-state index contributed by atoms with van der Waals surface area (Å²) in [5.74, 6) is 0.143. The number of hydrogen-bond donors (Lipinski definition) is 2. The van der Waals surface area contributed by atoms with Gasteiger partial charge in [-0.1, -0.05) is 49.4 Å². The van der Waals surface area contributed by atoms with E-state index in [0.717, 1.165) is 31.7 Å². The van der Waals surface area contributed by atoms with Crippen molar-refractivity contribution in [1.82, 2.24) is 10.2 Å². The summed E-state index contributed by atoms with van der Waals surface area (Å²) < 4.78 is 0. The Kier molecular flexibility index (Phi) is 5.49. The van der Waals surface area contributed by atoms with E-state index < -0.39 is 0 Å². The van der Waals surface area contributed by atoms with Crippen LogP contribution in [0.2, 0.25) is 0 Å². The first kappa shape index (κ1) is 16.5. The Morgan fingerprint density at radius 2 is 1.92 bits per heavy atom. The Morgan fingerprint density at radius 1 is 1.17 bits per heavy atom. The number of amides is 1. The van der Waals surface area contributed by atoms with Gasteiger partial charge in [-0.15, -0.1) is 0 Å². The van der Waals surface area contributed by atoms with Crippen molar-refractivity contribution in [2.45, 2.75) is 19.4 Å². The normalized spacial score (nSPS) is 17.5. The minimum absolute atomic E-state index is 0.106. The summed E-state index contributed by atoms with van der Waals surface area (Å²) in [4.78, 5) is 14.7. The highest BCUT2D eigenvalue weighted by Gasteiger charge is 2.27. The van der Waals surface area contributed by atoms with Gasteiger partial charge in [-0.25, -0.2) is 0 Å². The topological polar surface area (TPSA) is 44.4 Å². The van der Waals surface area contributed by atoms with E-state index in [1.165, 1.54) is 11.1 Å². The van der Waals surface area contributed by atoms with Crippen LogP contribution in [-0.2, 0) is 11.2 Å². The maximum atomic E-state index is 12.7. The third-order valence-electron chi connectivity index (χ3n) is 4.55. The van der Waals surface area contributed by atoms with Crippen LogP contribution in [0.3, 0.4) is 0 Å². The molecule has 1 aliphatic rings. The second-order valence-electron chi connectivity index (χ2n) is 6.12. The molecule has 2 N–H and O–H groups in total. The number of benzene rings is 2. The van der Waals surface area contributed by atoms with Crippen molar-refractivity contribution < 1.29 is 4.79 Å². The Bertz CT molecular complexity index is 654. The average molecular weight is 323 g/mol. The molecule has 1 unspecified atom stereocenters. The number of nitrogens with one attached hydrogen (secondary N) is 2. The first-order valence-corrected chi connectivity index (χ1v) is 8.66. The van der Waals surface area contributed by atoms with Crippen molar-refractivity contribution in [2.75, 3.05) is 31.5 Å². The molecule has 4 nitrogen and oxygen atoms in total. The third-order valence-corrected chi connectivity index (χ3v) is 4.55. The zero-order valence-electron chi connectivity index (χ0n) is 14.2. The fourth-order valence-corrected chi connectivity index (χ4v) is 3.11. The number of rotatable bonds is 5. The second kappa shape index (κ2) is 7.97. The molecule has 0 aromatic heterocycles. The minimum atomic E-state index is 0.106. The maximum Gasteiger partial charge on any atom is 0.242 e. The molecular weight excluding hydrogens is 298 g/mol. The van der Waals surface area contributed by atoms with Crippen LogP contribution in [0.15, 0.2) is 54.6 Å². The Balaban J connectivity index is 1.67. The van der Waals surface area contributed by atoms with Crippen LogP contribution in [0.4, 0.5) is 5.69 Å². The van der Waals surface area contributed by atoms with Gasteiger partial charge in [0.1, 0.15) is 0 Å². The zero-order valence-corrected chi connectivity index (χ0v) is 14.2. The molecule has 1 fully saturated rings. The summed E-state index contributed by atoms with van der Waals surface area (Å²) in [6, 6.07) is 18.6. The number of carbonyl (C=O) groups excluding carboxylic acids is 1. The maximum absolute atomic E-state index is 12.7. The van der Waals surface area contributed by atoms with E-state index in [4.69, 9.17) is 0 Å². The fraction of sp³-hybridized carbons (Fsp3) is 0.350. The van der Waals surface area contributed by atoms with Gasteiger partial charge in [-0.3, -0.25) is 4.79 Å². The van der Waals surface area contributed by atoms with E-state index in [2.05, 4.69) is 41.8 Å². The number of aryl methyl sites for hydroxylation is 1. The molecular formula is C20H25N3O. The molecule has 2 aromatic carbocycles. The standard InChI is InChI=1S/C20H25N3O/c1-2-16-8-10-17(11-9-16)19-14-21-12-13-23(19)20(24)15-22-18-6-4-3-5-7-18/h3-11,19,21-22H,2,12-15H2,1H3. The molecule has 1 saturated heterocycles. The summed E-state index contributed by atoms with van der Waals surface area (Å²) in [7, 11) is 0. The molecule has 1 aliphatic heterocycles. The Hall–Kier alpha value is -2.33. The zero-order chi connectivity index (χ0) is 16.8. The minimum Gasteiger partial charge on any atom is -0.376 e. The number of anilines is 1. The lowest BCUT2D eigenvalue weighted by atomic mass is 10.0. The van der Waals surface area contributed by atoms with Crippen molar-refractivity contribution in [1.29, 1.82) is 0 Å². The van der Waals surface area contributed by atoms with Crippen LogP contribution in [0.25, 0.3) is 0 Å². The van der Waals surface area contributed by atoms with E-state index in [-0.39, 0.29) is 11.9 Å². The van der Waals surface area contributed by atoms with Crippen LogP contribution in [0, 0.1) is 0 Å². The summed E-state index contributed by atoms with van der Waals surface area (Å²) in [5, 5.41) is 6.63. The molecule has 4 heteroatoms. The van der Waals surface area contributed by atoms with E-state index in [9.17, 15) is 4.79 Å². The monoisotopic (exact) mass is 323 g/mol. The fourth-order valence-electron chi connectivity index (χ4n) is 3.11. The molecule has 2 aromatic rings.